The summed E-state index contributed by atoms with van der Waals surface area (Å²) in [6, 6.07) is 3.84. The molecule has 2 aliphatic rings. The van der Waals surface area contributed by atoms with Crippen molar-refractivity contribution in [2.24, 2.45) is 0 Å². The molecule has 178 valence electrons. The van der Waals surface area contributed by atoms with E-state index in [-0.39, 0.29) is 30.0 Å². The van der Waals surface area contributed by atoms with Crippen LogP contribution in [0.4, 0.5) is 10.5 Å². The first kappa shape index (κ1) is 24.2. The smallest absolute Gasteiger partial charge is 0.407 e. The molecule has 0 radical (unpaired) electrons. The Balaban J connectivity index is 1.70. The SMILES string of the molecule is CCC(CCNC(=O)OC(C)(C)C)Nc1cccc2c1C(=O)N(C1CCC(=O)NC1=O)C2=O. The van der Waals surface area contributed by atoms with Crippen LogP contribution in [0, 0.1) is 0 Å². The van der Waals surface area contributed by atoms with E-state index in [0.717, 1.165) is 4.90 Å². The Labute approximate surface area is 192 Å². The molecule has 0 spiro atoms. The molecule has 10 nitrogen and oxygen atoms in total. The van der Waals surface area contributed by atoms with E-state index in [2.05, 4.69) is 16.0 Å². The molecule has 1 fully saturated rings. The van der Waals surface area contributed by atoms with Crippen molar-refractivity contribution < 1.29 is 28.7 Å². The number of alkyl carbamates (subject to hydrolysis) is 1. The molecule has 2 heterocycles. The molecule has 2 atom stereocenters. The lowest BCUT2D eigenvalue weighted by Gasteiger charge is -2.28. The molecule has 2 aliphatic heterocycles. The Hall–Kier alpha value is -3.43. The van der Waals surface area contributed by atoms with Crippen LogP contribution >= 0.6 is 0 Å². The summed E-state index contributed by atoms with van der Waals surface area (Å²) in [6.07, 6.45) is 0.945. The number of carbonyl (C=O) groups is 5. The maximum atomic E-state index is 13.2. The lowest BCUT2D eigenvalue weighted by molar-refractivity contribution is -0.136. The highest BCUT2D eigenvalue weighted by Crippen LogP contribution is 2.33. The van der Waals surface area contributed by atoms with Crippen molar-refractivity contribution >= 4 is 35.4 Å². The van der Waals surface area contributed by atoms with Crippen LogP contribution in [0.2, 0.25) is 0 Å². The summed E-state index contributed by atoms with van der Waals surface area (Å²) in [5.74, 6) is -2.17. The normalized spacial score (nSPS) is 19.2. The van der Waals surface area contributed by atoms with Crippen LogP contribution in [-0.2, 0) is 14.3 Å². The predicted molar refractivity (Wildman–Crippen MR) is 120 cm³/mol. The minimum absolute atomic E-state index is 0.0669. The molecule has 0 aromatic heterocycles. The molecule has 2 unspecified atom stereocenters. The van der Waals surface area contributed by atoms with Crippen LogP contribution in [0.1, 0.15) is 74.1 Å². The van der Waals surface area contributed by atoms with Crippen LogP contribution in [0.25, 0.3) is 0 Å². The third-order valence-electron chi connectivity index (χ3n) is 5.48. The van der Waals surface area contributed by atoms with Crippen molar-refractivity contribution in [1.29, 1.82) is 0 Å². The first-order valence-electron chi connectivity index (χ1n) is 11.1. The van der Waals surface area contributed by atoms with Gasteiger partial charge < -0.3 is 15.4 Å². The second-order valence-electron chi connectivity index (χ2n) is 9.14. The van der Waals surface area contributed by atoms with Gasteiger partial charge in [-0.25, -0.2) is 4.79 Å². The van der Waals surface area contributed by atoms with E-state index in [4.69, 9.17) is 4.74 Å². The van der Waals surface area contributed by atoms with Gasteiger partial charge in [0, 0.05) is 24.7 Å². The monoisotopic (exact) mass is 458 g/mol. The van der Waals surface area contributed by atoms with Gasteiger partial charge in [-0.3, -0.25) is 29.4 Å². The van der Waals surface area contributed by atoms with Crippen molar-refractivity contribution in [1.82, 2.24) is 15.5 Å². The van der Waals surface area contributed by atoms with E-state index in [0.29, 0.717) is 25.1 Å². The Bertz CT molecular complexity index is 984. The van der Waals surface area contributed by atoms with Crippen LogP contribution in [0.15, 0.2) is 18.2 Å². The summed E-state index contributed by atoms with van der Waals surface area (Å²) >= 11 is 0. The van der Waals surface area contributed by atoms with E-state index in [1.54, 1.807) is 39.0 Å². The van der Waals surface area contributed by atoms with Gasteiger partial charge >= 0.3 is 6.09 Å². The Morgan fingerprint density at radius 2 is 1.94 bits per heavy atom. The zero-order chi connectivity index (χ0) is 24.3. The minimum atomic E-state index is -1.01. The average Bonchev–Trinajstić information content (AvgIpc) is 2.97. The number of nitrogens with one attached hydrogen (secondary N) is 3. The van der Waals surface area contributed by atoms with Crippen LogP contribution in [-0.4, -0.2) is 58.9 Å². The molecule has 0 bridgehead atoms. The van der Waals surface area contributed by atoms with E-state index < -0.39 is 41.4 Å². The second kappa shape index (κ2) is 9.60. The number of rotatable bonds is 7. The molecule has 3 N–H and O–H groups in total. The summed E-state index contributed by atoms with van der Waals surface area (Å²) < 4.78 is 5.23. The van der Waals surface area contributed by atoms with Gasteiger partial charge in [-0.05, 0) is 52.2 Å². The molecular formula is C23H30N4O6. The van der Waals surface area contributed by atoms with E-state index >= 15 is 0 Å². The van der Waals surface area contributed by atoms with Gasteiger partial charge in [0.2, 0.25) is 11.8 Å². The molecule has 33 heavy (non-hydrogen) atoms. The summed E-state index contributed by atoms with van der Waals surface area (Å²) in [5.41, 5.74) is 0.338. The van der Waals surface area contributed by atoms with Crippen LogP contribution < -0.4 is 16.0 Å². The molecule has 5 amide bonds. The van der Waals surface area contributed by atoms with Crippen LogP contribution in [0.5, 0.6) is 0 Å². The van der Waals surface area contributed by atoms with Gasteiger partial charge in [-0.15, -0.1) is 0 Å². The van der Waals surface area contributed by atoms with Gasteiger partial charge in [0.1, 0.15) is 11.6 Å². The quantitative estimate of drug-likeness (QED) is 0.533. The zero-order valence-electron chi connectivity index (χ0n) is 19.3. The third-order valence-corrected chi connectivity index (χ3v) is 5.48. The van der Waals surface area contributed by atoms with E-state index in [9.17, 15) is 24.0 Å². The molecule has 0 saturated carbocycles. The molecule has 0 aliphatic carbocycles. The largest absolute Gasteiger partial charge is 0.444 e. The predicted octanol–water partition coefficient (Wildman–Crippen LogP) is 2.19. The number of piperidine rings is 1. The minimum Gasteiger partial charge on any atom is -0.444 e. The summed E-state index contributed by atoms with van der Waals surface area (Å²) in [6.45, 7) is 7.70. The molecule has 10 heteroatoms. The number of fused-ring (bicyclic) bond motifs is 1. The lowest BCUT2D eigenvalue weighted by Crippen LogP contribution is -2.54. The first-order chi connectivity index (χ1) is 15.5. The highest BCUT2D eigenvalue weighted by molar-refractivity contribution is 6.25. The number of anilines is 1. The van der Waals surface area contributed by atoms with Crippen molar-refractivity contribution in [3.63, 3.8) is 0 Å². The number of carbonyl (C=O) groups excluding carboxylic acids is 5. The number of imide groups is 2. The van der Waals surface area contributed by atoms with Gasteiger partial charge in [-0.1, -0.05) is 13.0 Å². The molecule has 1 aromatic carbocycles. The van der Waals surface area contributed by atoms with Gasteiger partial charge in [-0.2, -0.15) is 0 Å². The van der Waals surface area contributed by atoms with Gasteiger partial charge in [0.15, 0.2) is 0 Å². The summed E-state index contributed by atoms with van der Waals surface area (Å²) in [4.78, 5) is 62.7. The Kier molecular flexibility index (Phi) is 7.04. The van der Waals surface area contributed by atoms with Crippen molar-refractivity contribution in [2.75, 3.05) is 11.9 Å². The highest BCUT2D eigenvalue weighted by Gasteiger charge is 2.45. The number of nitrogens with zero attached hydrogens (tertiary/aromatic N) is 1. The maximum Gasteiger partial charge on any atom is 0.407 e. The lowest BCUT2D eigenvalue weighted by atomic mass is 10.0. The molecule has 1 aromatic rings. The van der Waals surface area contributed by atoms with Gasteiger partial charge in [0.05, 0.1) is 11.1 Å². The summed E-state index contributed by atoms with van der Waals surface area (Å²) in [5, 5.41) is 8.20. The van der Waals surface area contributed by atoms with E-state index in [1.807, 2.05) is 6.92 Å². The zero-order valence-corrected chi connectivity index (χ0v) is 19.3. The number of ether oxygens (including phenoxy) is 1. The van der Waals surface area contributed by atoms with Crippen LogP contribution in [0.3, 0.4) is 0 Å². The third kappa shape index (κ3) is 5.50. The average molecular weight is 459 g/mol. The molecule has 3 rings (SSSR count). The molecular weight excluding hydrogens is 428 g/mol. The van der Waals surface area contributed by atoms with Gasteiger partial charge in [0.25, 0.3) is 11.8 Å². The number of hydrogen-bond acceptors (Lipinski definition) is 7. The standard InChI is InChI=1S/C23H30N4O6/c1-5-13(11-12-24-22(32)33-23(2,3)4)25-15-8-6-7-14-18(15)21(31)27(20(14)30)16-9-10-17(28)26-19(16)29/h6-8,13,16,25H,5,9-12H2,1-4H3,(H,24,32)(H,26,28,29). The fourth-order valence-corrected chi connectivity index (χ4v) is 3.90. The fraction of sp³-hybridized carbons (Fsp3) is 0.522. The van der Waals surface area contributed by atoms with E-state index in [1.165, 1.54) is 0 Å². The second-order valence-corrected chi connectivity index (χ2v) is 9.14. The molecule has 1 saturated heterocycles. The maximum absolute atomic E-state index is 13.2. The number of benzene rings is 1. The summed E-state index contributed by atoms with van der Waals surface area (Å²) in [7, 11) is 0. The van der Waals surface area contributed by atoms with Crippen molar-refractivity contribution in [3.05, 3.63) is 29.3 Å². The first-order valence-corrected chi connectivity index (χ1v) is 11.1. The number of amides is 5. The van der Waals surface area contributed by atoms with Crippen molar-refractivity contribution in [2.45, 2.75) is 71.1 Å². The Morgan fingerprint density at radius 1 is 1.21 bits per heavy atom. The topological polar surface area (TPSA) is 134 Å². The number of hydrogen-bond donors (Lipinski definition) is 3. The van der Waals surface area contributed by atoms with Crippen molar-refractivity contribution in [3.8, 4) is 0 Å². The Morgan fingerprint density at radius 3 is 2.58 bits per heavy atom. The highest BCUT2D eigenvalue weighted by atomic mass is 16.6. The fourth-order valence-electron chi connectivity index (χ4n) is 3.90.